The lowest BCUT2D eigenvalue weighted by Crippen LogP contribution is -2.47. The van der Waals surface area contributed by atoms with Crippen LogP contribution in [0.15, 0.2) is 36.4 Å². The first-order chi connectivity index (χ1) is 15.1. The Morgan fingerprint density at radius 3 is 2.16 bits per heavy atom. The quantitative estimate of drug-likeness (QED) is 0.657. The van der Waals surface area contributed by atoms with Crippen molar-refractivity contribution in [3.63, 3.8) is 0 Å². The molecule has 1 heterocycles. The van der Waals surface area contributed by atoms with Crippen molar-refractivity contribution in [1.29, 1.82) is 0 Å². The number of nitrogens with zero attached hydrogens (tertiary/aromatic N) is 2. The summed E-state index contributed by atoms with van der Waals surface area (Å²) in [6.45, 7) is 4.37. The number of amides is 1. The number of piperazine rings is 1. The van der Waals surface area contributed by atoms with Gasteiger partial charge in [-0.1, -0.05) is 6.07 Å². The molecule has 0 bridgehead atoms. The molecule has 1 N–H and O–H groups in total. The standard InChI is InChI=1S/C23H31N3O5/c1-28-19-7-5-6-18(16-19)26-12-10-25(11-13-26)9-8-22(27)24-17-14-20(29-2)23(31-4)21(15-17)30-3/h5-7,14-16H,8-13H2,1-4H3,(H,24,27). The van der Waals surface area contributed by atoms with Crippen molar-refractivity contribution in [2.24, 2.45) is 0 Å². The lowest BCUT2D eigenvalue weighted by Gasteiger charge is -2.36. The predicted octanol–water partition coefficient (Wildman–Crippen LogP) is 2.87. The van der Waals surface area contributed by atoms with E-state index >= 15 is 0 Å². The minimum absolute atomic E-state index is 0.0514. The molecule has 0 aromatic heterocycles. The van der Waals surface area contributed by atoms with Gasteiger partial charge in [-0.15, -0.1) is 0 Å². The lowest BCUT2D eigenvalue weighted by molar-refractivity contribution is -0.116. The third-order valence-corrected chi connectivity index (χ3v) is 5.39. The highest BCUT2D eigenvalue weighted by atomic mass is 16.5. The summed E-state index contributed by atoms with van der Waals surface area (Å²) in [4.78, 5) is 17.1. The highest BCUT2D eigenvalue weighted by Crippen LogP contribution is 2.39. The Kier molecular flexibility index (Phi) is 7.83. The topological polar surface area (TPSA) is 72.5 Å². The summed E-state index contributed by atoms with van der Waals surface area (Å²) in [5, 5.41) is 2.92. The minimum Gasteiger partial charge on any atom is -0.497 e. The van der Waals surface area contributed by atoms with Crippen LogP contribution in [0.25, 0.3) is 0 Å². The number of nitrogens with one attached hydrogen (secondary N) is 1. The van der Waals surface area contributed by atoms with Gasteiger partial charge in [0.1, 0.15) is 5.75 Å². The maximum Gasteiger partial charge on any atom is 0.225 e. The average Bonchev–Trinajstić information content (AvgIpc) is 2.82. The zero-order valence-corrected chi connectivity index (χ0v) is 18.6. The Morgan fingerprint density at radius 1 is 0.903 bits per heavy atom. The monoisotopic (exact) mass is 429 g/mol. The SMILES string of the molecule is COc1cccc(N2CCN(CCC(=O)Nc3cc(OC)c(OC)c(OC)c3)CC2)c1. The molecule has 1 amide bonds. The molecule has 0 unspecified atom stereocenters. The van der Waals surface area contributed by atoms with Crippen LogP contribution in [0.4, 0.5) is 11.4 Å². The molecule has 8 nitrogen and oxygen atoms in total. The van der Waals surface area contributed by atoms with Crippen LogP contribution in [-0.2, 0) is 4.79 Å². The van der Waals surface area contributed by atoms with Gasteiger partial charge < -0.3 is 29.2 Å². The number of carbonyl (C=O) groups is 1. The van der Waals surface area contributed by atoms with E-state index in [0.29, 0.717) is 35.9 Å². The number of ether oxygens (including phenoxy) is 4. The summed E-state index contributed by atoms with van der Waals surface area (Å²) >= 11 is 0. The van der Waals surface area contributed by atoms with Gasteiger partial charge in [0.2, 0.25) is 11.7 Å². The van der Waals surface area contributed by atoms with Crippen LogP contribution in [0, 0.1) is 0 Å². The molecular formula is C23H31N3O5. The van der Waals surface area contributed by atoms with Crippen LogP contribution in [0.1, 0.15) is 6.42 Å². The second kappa shape index (κ2) is 10.8. The molecule has 0 atom stereocenters. The molecular weight excluding hydrogens is 398 g/mol. The zero-order valence-electron chi connectivity index (χ0n) is 18.6. The van der Waals surface area contributed by atoms with E-state index in [1.807, 2.05) is 12.1 Å². The van der Waals surface area contributed by atoms with Crippen molar-refractivity contribution in [3.8, 4) is 23.0 Å². The van der Waals surface area contributed by atoms with Crippen molar-refractivity contribution >= 4 is 17.3 Å². The summed E-state index contributed by atoms with van der Waals surface area (Å²) < 4.78 is 21.3. The maximum atomic E-state index is 12.5. The predicted molar refractivity (Wildman–Crippen MR) is 121 cm³/mol. The third kappa shape index (κ3) is 5.73. The summed E-state index contributed by atoms with van der Waals surface area (Å²) in [5.41, 5.74) is 1.78. The molecule has 168 valence electrons. The number of anilines is 2. The zero-order chi connectivity index (χ0) is 22.2. The van der Waals surface area contributed by atoms with Gasteiger partial charge in [0.05, 0.1) is 28.4 Å². The summed E-state index contributed by atoms with van der Waals surface area (Å²) in [6, 6.07) is 11.6. The molecule has 8 heteroatoms. The van der Waals surface area contributed by atoms with E-state index in [4.69, 9.17) is 18.9 Å². The van der Waals surface area contributed by atoms with Gasteiger partial charge in [0.15, 0.2) is 11.5 Å². The van der Waals surface area contributed by atoms with Gasteiger partial charge in [-0.25, -0.2) is 0 Å². The number of carbonyl (C=O) groups excluding carboxylic acids is 1. The Labute approximate surface area is 183 Å². The van der Waals surface area contributed by atoms with E-state index in [-0.39, 0.29) is 5.91 Å². The molecule has 0 saturated carbocycles. The average molecular weight is 430 g/mol. The van der Waals surface area contributed by atoms with E-state index in [0.717, 1.165) is 31.9 Å². The van der Waals surface area contributed by atoms with Gasteiger partial charge in [0.25, 0.3) is 0 Å². The molecule has 1 fully saturated rings. The van der Waals surface area contributed by atoms with Gasteiger partial charge >= 0.3 is 0 Å². The van der Waals surface area contributed by atoms with E-state index in [9.17, 15) is 4.79 Å². The highest BCUT2D eigenvalue weighted by Gasteiger charge is 2.19. The van der Waals surface area contributed by atoms with Crippen LogP contribution in [-0.4, -0.2) is 72.0 Å². The first-order valence-corrected chi connectivity index (χ1v) is 10.3. The molecule has 31 heavy (non-hydrogen) atoms. The van der Waals surface area contributed by atoms with E-state index in [1.165, 1.54) is 5.69 Å². The van der Waals surface area contributed by atoms with Crippen LogP contribution in [0.5, 0.6) is 23.0 Å². The molecule has 1 aliphatic heterocycles. The van der Waals surface area contributed by atoms with Crippen LogP contribution in [0.2, 0.25) is 0 Å². The highest BCUT2D eigenvalue weighted by molar-refractivity contribution is 5.91. The van der Waals surface area contributed by atoms with Gasteiger partial charge in [-0.05, 0) is 12.1 Å². The summed E-state index contributed by atoms with van der Waals surface area (Å²) in [5.74, 6) is 2.32. The summed E-state index contributed by atoms with van der Waals surface area (Å²) in [7, 11) is 6.33. The van der Waals surface area contributed by atoms with Crippen molar-refractivity contribution in [2.45, 2.75) is 6.42 Å². The van der Waals surface area contributed by atoms with Crippen LogP contribution < -0.4 is 29.2 Å². The van der Waals surface area contributed by atoms with Crippen LogP contribution >= 0.6 is 0 Å². The first-order valence-electron chi connectivity index (χ1n) is 10.3. The van der Waals surface area contributed by atoms with E-state index in [1.54, 1.807) is 40.6 Å². The van der Waals surface area contributed by atoms with Gasteiger partial charge in [-0.2, -0.15) is 0 Å². The van der Waals surface area contributed by atoms with E-state index < -0.39 is 0 Å². The van der Waals surface area contributed by atoms with Crippen molar-refractivity contribution in [2.75, 3.05) is 71.4 Å². The Morgan fingerprint density at radius 2 is 1.58 bits per heavy atom. The Balaban J connectivity index is 1.49. The van der Waals surface area contributed by atoms with Crippen molar-refractivity contribution < 1.29 is 23.7 Å². The molecule has 2 aromatic rings. The Hall–Kier alpha value is -3.13. The van der Waals surface area contributed by atoms with Gasteiger partial charge in [0, 0.05) is 68.7 Å². The molecule has 1 aliphatic rings. The number of hydrogen-bond donors (Lipinski definition) is 1. The minimum atomic E-state index is -0.0514. The molecule has 1 saturated heterocycles. The second-order valence-corrected chi connectivity index (χ2v) is 7.24. The van der Waals surface area contributed by atoms with Crippen LogP contribution in [0.3, 0.4) is 0 Å². The number of benzene rings is 2. The fraction of sp³-hybridized carbons (Fsp3) is 0.435. The molecule has 0 radical (unpaired) electrons. The van der Waals surface area contributed by atoms with Gasteiger partial charge in [-0.3, -0.25) is 9.69 Å². The molecule has 3 rings (SSSR count). The molecule has 2 aromatic carbocycles. The molecule has 0 spiro atoms. The summed E-state index contributed by atoms with van der Waals surface area (Å²) in [6.07, 6.45) is 0.413. The number of hydrogen-bond acceptors (Lipinski definition) is 7. The first kappa shape index (κ1) is 22.6. The van der Waals surface area contributed by atoms with Crippen molar-refractivity contribution in [3.05, 3.63) is 36.4 Å². The normalized spacial score (nSPS) is 14.1. The fourth-order valence-electron chi connectivity index (χ4n) is 3.67. The third-order valence-electron chi connectivity index (χ3n) is 5.39. The number of rotatable bonds is 9. The second-order valence-electron chi connectivity index (χ2n) is 7.24. The fourth-order valence-corrected chi connectivity index (χ4v) is 3.67. The molecule has 0 aliphatic carbocycles. The maximum absolute atomic E-state index is 12.5. The largest absolute Gasteiger partial charge is 0.497 e. The smallest absolute Gasteiger partial charge is 0.225 e. The van der Waals surface area contributed by atoms with Crippen molar-refractivity contribution in [1.82, 2.24) is 4.90 Å². The lowest BCUT2D eigenvalue weighted by atomic mass is 10.2. The number of methoxy groups -OCH3 is 4. The van der Waals surface area contributed by atoms with E-state index in [2.05, 4.69) is 27.2 Å². The Bertz CT molecular complexity index is 856.